The van der Waals surface area contributed by atoms with E-state index in [4.69, 9.17) is 4.74 Å². The van der Waals surface area contributed by atoms with Crippen molar-refractivity contribution in [3.8, 4) is 5.75 Å². The summed E-state index contributed by atoms with van der Waals surface area (Å²) in [6.45, 7) is 4.73. The monoisotopic (exact) mass is 334 g/mol. The molecule has 2 rings (SSSR count). The standard InChI is InChI=1S/C22H35FO/c1-3-5-9-20(19-14-12-18(4-2)13-15-19)16-21(23)17-24-22-10-7-6-8-11-22/h6-8,10-11,18-21H,3-5,9,12-17H2,1-2H3/t18-,19-,20?,21?. The van der Waals surface area contributed by atoms with E-state index in [1.807, 2.05) is 30.3 Å². The second-order valence-electron chi connectivity index (χ2n) is 7.55. The molecule has 0 amide bonds. The van der Waals surface area contributed by atoms with Crippen molar-refractivity contribution in [3.63, 3.8) is 0 Å². The van der Waals surface area contributed by atoms with Gasteiger partial charge in [0.05, 0.1) is 0 Å². The lowest BCUT2D eigenvalue weighted by atomic mass is 9.72. The molecule has 0 bridgehead atoms. The number of unbranched alkanes of at least 4 members (excludes halogenated alkanes) is 1. The van der Waals surface area contributed by atoms with Gasteiger partial charge in [0.2, 0.25) is 0 Å². The van der Waals surface area contributed by atoms with Crippen molar-refractivity contribution in [3.05, 3.63) is 30.3 Å². The van der Waals surface area contributed by atoms with Gasteiger partial charge in [-0.05, 0) is 49.1 Å². The highest BCUT2D eigenvalue weighted by Crippen LogP contribution is 2.38. The van der Waals surface area contributed by atoms with Crippen LogP contribution in [0.5, 0.6) is 5.75 Å². The lowest BCUT2D eigenvalue weighted by molar-refractivity contribution is 0.120. The van der Waals surface area contributed by atoms with Crippen LogP contribution in [0.25, 0.3) is 0 Å². The number of hydrogen-bond donors (Lipinski definition) is 0. The fourth-order valence-corrected chi connectivity index (χ4v) is 4.18. The van der Waals surface area contributed by atoms with Crippen molar-refractivity contribution in [2.75, 3.05) is 6.61 Å². The first-order chi connectivity index (χ1) is 11.7. The summed E-state index contributed by atoms with van der Waals surface area (Å²) in [5.41, 5.74) is 0. The Morgan fingerprint density at radius 1 is 1.08 bits per heavy atom. The van der Waals surface area contributed by atoms with Gasteiger partial charge in [0, 0.05) is 0 Å². The van der Waals surface area contributed by atoms with Crippen LogP contribution in [0.4, 0.5) is 4.39 Å². The zero-order valence-electron chi connectivity index (χ0n) is 15.6. The normalized spacial score (nSPS) is 23.6. The zero-order valence-corrected chi connectivity index (χ0v) is 15.6. The van der Waals surface area contributed by atoms with E-state index in [1.54, 1.807) is 0 Å². The van der Waals surface area contributed by atoms with E-state index in [0.717, 1.165) is 17.6 Å². The number of para-hydroxylation sites is 1. The third-order valence-electron chi connectivity index (χ3n) is 5.80. The van der Waals surface area contributed by atoms with Gasteiger partial charge in [-0.1, -0.05) is 70.6 Å². The van der Waals surface area contributed by atoms with Crippen molar-refractivity contribution in [2.24, 2.45) is 17.8 Å². The molecule has 1 aromatic carbocycles. The van der Waals surface area contributed by atoms with E-state index in [9.17, 15) is 4.39 Å². The topological polar surface area (TPSA) is 9.23 Å². The lowest BCUT2D eigenvalue weighted by Crippen LogP contribution is -2.26. The van der Waals surface area contributed by atoms with Gasteiger partial charge in [-0.3, -0.25) is 0 Å². The van der Waals surface area contributed by atoms with Crippen molar-refractivity contribution < 1.29 is 9.13 Å². The maximum Gasteiger partial charge on any atom is 0.134 e. The molecule has 0 aromatic heterocycles. The summed E-state index contributed by atoms with van der Waals surface area (Å²) in [5, 5.41) is 0. The zero-order chi connectivity index (χ0) is 17.2. The molecule has 0 N–H and O–H groups in total. The third kappa shape index (κ3) is 6.45. The molecule has 136 valence electrons. The minimum absolute atomic E-state index is 0.191. The Morgan fingerprint density at radius 3 is 2.42 bits per heavy atom. The van der Waals surface area contributed by atoms with E-state index in [-0.39, 0.29) is 6.61 Å². The number of rotatable bonds is 10. The number of ether oxygens (including phenoxy) is 1. The first kappa shape index (κ1) is 19.3. The maximum atomic E-state index is 14.5. The van der Waals surface area contributed by atoms with Gasteiger partial charge >= 0.3 is 0 Å². The Hall–Kier alpha value is -1.05. The molecule has 1 aliphatic carbocycles. The predicted octanol–water partition coefficient (Wildman–Crippen LogP) is 6.82. The van der Waals surface area contributed by atoms with Gasteiger partial charge in [-0.15, -0.1) is 0 Å². The van der Waals surface area contributed by atoms with Crippen LogP contribution in [0.2, 0.25) is 0 Å². The molecule has 0 saturated heterocycles. The highest BCUT2D eigenvalue weighted by atomic mass is 19.1. The number of hydrogen-bond acceptors (Lipinski definition) is 1. The summed E-state index contributed by atoms with van der Waals surface area (Å²) < 4.78 is 20.2. The largest absolute Gasteiger partial charge is 0.491 e. The van der Waals surface area contributed by atoms with Crippen LogP contribution >= 0.6 is 0 Å². The Labute approximate surface area is 148 Å². The van der Waals surface area contributed by atoms with Crippen molar-refractivity contribution in [2.45, 2.75) is 77.8 Å². The average Bonchev–Trinajstić information content (AvgIpc) is 2.64. The minimum atomic E-state index is -0.851. The molecule has 2 unspecified atom stereocenters. The molecule has 2 heteroatoms. The summed E-state index contributed by atoms with van der Waals surface area (Å²) in [4.78, 5) is 0. The first-order valence-corrected chi connectivity index (χ1v) is 10.0. The van der Waals surface area contributed by atoms with E-state index in [1.165, 1.54) is 51.4 Å². The molecule has 24 heavy (non-hydrogen) atoms. The molecular formula is C22H35FO. The van der Waals surface area contributed by atoms with E-state index < -0.39 is 6.17 Å². The van der Waals surface area contributed by atoms with Crippen LogP contribution in [-0.4, -0.2) is 12.8 Å². The van der Waals surface area contributed by atoms with Gasteiger partial charge in [-0.25, -0.2) is 4.39 Å². The predicted molar refractivity (Wildman–Crippen MR) is 100 cm³/mol. The molecule has 0 heterocycles. The van der Waals surface area contributed by atoms with Crippen LogP contribution in [0.3, 0.4) is 0 Å². The molecule has 1 nitrogen and oxygen atoms in total. The molecule has 2 atom stereocenters. The Kier molecular flexibility index (Phi) is 8.63. The second-order valence-corrected chi connectivity index (χ2v) is 7.55. The van der Waals surface area contributed by atoms with Gasteiger partial charge in [0.15, 0.2) is 0 Å². The molecule has 0 spiro atoms. The Balaban J connectivity index is 1.81. The molecule has 1 aliphatic rings. The summed E-state index contributed by atoms with van der Waals surface area (Å²) in [7, 11) is 0. The second kappa shape index (κ2) is 10.7. The minimum Gasteiger partial charge on any atom is -0.491 e. The van der Waals surface area contributed by atoms with Crippen LogP contribution in [0.15, 0.2) is 30.3 Å². The summed E-state index contributed by atoms with van der Waals surface area (Å²) >= 11 is 0. The van der Waals surface area contributed by atoms with Crippen LogP contribution < -0.4 is 4.74 Å². The van der Waals surface area contributed by atoms with E-state index >= 15 is 0 Å². The lowest BCUT2D eigenvalue weighted by Gasteiger charge is -2.34. The summed E-state index contributed by atoms with van der Waals surface area (Å²) in [5.74, 6) is 2.95. The molecule has 0 radical (unpaired) electrons. The number of halogens is 1. The van der Waals surface area contributed by atoms with Gasteiger partial charge in [-0.2, -0.15) is 0 Å². The highest BCUT2D eigenvalue weighted by Gasteiger charge is 2.28. The first-order valence-electron chi connectivity index (χ1n) is 10.0. The van der Waals surface area contributed by atoms with Crippen LogP contribution in [0.1, 0.15) is 71.6 Å². The Morgan fingerprint density at radius 2 is 1.79 bits per heavy atom. The van der Waals surface area contributed by atoms with Crippen molar-refractivity contribution in [1.82, 2.24) is 0 Å². The van der Waals surface area contributed by atoms with E-state index in [2.05, 4.69) is 13.8 Å². The fourth-order valence-electron chi connectivity index (χ4n) is 4.18. The average molecular weight is 335 g/mol. The smallest absolute Gasteiger partial charge is 0.134 e. The maximum absolute atomic E-state index is 14.5. The molecule has 1 aromatic rings. The molecule has 0 aliphatic heterocycles. The number of benzene rings is 1. The quantitative estimate of drug-likeness (QED) is 0.456. The number of alkyl halides is 1. The SMILES string of the molecule is CCCCC(CC(F)COc1ccccc1)[C@H]1CC[C@H](CC)CC1. The van der Waals surface area contributed by atoms with E-state index in [0.29, 0.717) is 12.3 Å². The van der Waals surface area contributed by atoms with Gasteiger partial charge < -0.3 is 4.74 Å². The third-order valence-corrected chi connectivity index (χ3v) is 5.80. The molecule has 1 fully saturated rings. The van der Waals surface area contributed by atoms with Crippen molar-refractivity contribution >= 4 is 0 Å². The molecular weight excluding hydrogens is 299 g/mol. The highest BCUT2D eigenvalue weighted by molar-refractivity contribution is 5.20. The van der Waals surface area contributed by atoms with Crippen LogP contribution in [0, 0.1) is 17.8 Å². The van der Waals surface area contributed by atoms with Crippen LogP contribution in [-0.2, 0) is 0 Å². The summed E-state index contributed by atoms with van der Waals surface area (Å²) in [6.07, 6.45) is 10.1. The fraction of sp³-hybridized carbons (Fsp3) is 0.727. The van der Waals surface area contributed by atoms with Crippen molar-refractivity contribution in [1.29, 1.82) is 0 Å². The Bertz CT molecular complexity index is 425. The van der Waals surface area contributed by atoms with Gasteiger partial charge in [0.25, 0.3) is 0 Å². The van der Waals surface area contributed by atoms with Gasteiger partial charge in [0.1, 0.15) is 18.5 Å². The summed E-state index contributed by atoms with van der Waals surface area (Å²) in [6, 6.07) is 9.60. The molecule has 1 saturated carbocycles.